The summed E-state index contributed by atoms with van der Waals surface area (Å²) in [6.45, 7) is 11.8. The molecule has 5 nitrogen and oxygen atoms in total. The smallest absolute Gasteiger partial charge is 0.191 e. The van der Waals surface area contributed by atoms with Gasteiger partial charge >= 0.3 is 0 Å². The van der Waals surface area contributed by atoms with Crippen LogP contribution >= 0.6 is 0 Å². The summed E-state index contributed by atoms with van der Waals surface area (Å²) in [6.07, 6.45) is 6.90. The van der Waals surface area contributed by atoms with Crippen molar-refractivity contribution in [2.45, 2.75) is 71.0 Å². The summed E-state index contributed by atoms with van der Waals surface area (Å²) in [6, 6.07) is 1.98. The van der Waals surface area contributed by atoms with Crippen molar-refractivity contribution in [2.75, 3.05) is 39.8 Å². The largest absolute Gasteiger partial charge is 0.357 e. The highest BCUT2D eigenvalue weighted by Crippen LogP contribution is 2.26. The fourth-order valence-electron chi connectivity index (χ4n) is 3.60. The number of rotatable bonds is 7. The summed E-state index contributed by atoms with van der Waals surface area (Å²) in [5.74, 6) is 0.989. The molecular formula is C18H37N5. The Labute approximate surface area is 142 Å². The van der Waals surface area contributed by atoms with Gasteiger partial charge in [-0.1, -0.05) is 12.8 Å². The Kier molecular flexibility index (Phi) is 7.63. The molecule has 1 aliphatic carbocycles. The topological polar surface area (TPSA) is 42.9 Å². The standard InChI is InChI=1S/C18H37N5/c1-5-19-18(20-11-13-22(4)15(2)3)21-16-10-12-23(14-16)17-8-6-7-9-17/h15-17H,5-14H2,1-4H3,(H2,19,20,21). The van der Waals surface area contributed by atoms with Gasteiger partial charge in [0.25, 0.3) is 0 Å². The third kappa shape index (κ3) is 5.96. The molecule has 2 rings (SSSR count). The number of hydrogen-bond acceptors (Lipinski definition) is 3. The number of aliphatic imine (C=N–C) groups is 1. The van der Waals surface area contributed by atoms with Gasteiger partial charge in [-0.3, -0.25) is 9.89 Å². The first-order valence-corrected chi connectivity index (χ1v) is 9.59. The fourth-order valence-corrected chi connectivity index (χ4v) is 3.60. The Bertz CT molecular complexity index is 362. The number of nitrogens with zero attached hydrogens (tertiary/aromatic N) is 3. The van der Waals surface area contributed by atoms with Crippen LogP contribution in [0.3, 0.4) is 0 Å². The predicted molar refractivity (Wildman–Crippen MR) is 99.1 cm³/mol. The Morgan fingerprint density at radius 2 is 2.00 bits per heavy atom. The third-order valence-electron chi connectivity index (χ3n) is 5.35. The van der Waals surface area contributed by atoms with Gasteiger partial charge in [-0.15, -0.1) is 0 Å². The van der Waals surface area contributed by atoms with E-state index in [1.807, 2.05) is 0 Å². The summed E-state index contributed by atoms with van der Waals surface area (Å²) in [4.78, 5) is 9.79. The second kappa shape index (κ2) is 9.48. The quantitative estimate of drug-likeness (QED) is 0.555. The maximum Gasteiger partial charge on any atom is 0.191 e. The molecule has 1 aliphatic heterocycles. The normalized spacial score (nSPS) is 24.1. The van der Waals surface area contributed by atoms with Gasteiger partial charge in [0.15, 0.2) is 5.96 Å². The van der Waals surface area contributed by atoms with E-state index in [-0.39, 0.29) is 0 Å². The van der Waals surface area contributed by atoms with Gasteiger partial charge < -0.3 is 15.5 Å². The molecule has 1 saturated carbocycles. The van der Waals surface area contributed by atoms with E-state index in [1.54, 1.807) is 0 Å². The summed E-state index contributed by atoms with van der Waals surface area (Å²) >= 11 is 0. The Morgan fingerprint density at radius 1 is 1.26 bits per heavy atom. The number of nitrogens with one attached hydrogen (secondary N) is 2. The van der Waals surface area contributed by atoms with Gasteiger partial charge in [-0.25, -0.2) is 0 Å². The highest BCUT2D eigenvalue weighted by Gasteiger charge is 2.30. The van der Waals surface area contributed by atoms with E-state index >= 15 is 0 Å². The van der Waals surface area contributed by atoms with Gasteiger partial charge in [-0.05, 0) is 47.1 Å². The fraction of sp³-hybridized carbons (Fsp3) is 0.944. The SMILES string of the molecule is CCNC(=NCCN(C)C(C)C)NC1CCN(C2CCCC2)C1. The minimum atomic E-state index is 0.552. The Balaban J connectivity index is 1.77. The molecule has 134 valence electrons. The summed E-state index contributed by atoms with van der Waals surface area (Å²) < 4.78 is 0. The van der Waals surface area contributed by atoms with Crippen molar-refractivity contribution < 1.29 is 0 Å². The molecule has 23 heavy (non-hydrogen) atoms. The van der Waals surface area contributed by atoms with E-state index in [0.29, 0.717) is 12.1 Å². The molecule has 0 aromatic heterocycles. The number of guanidine groups is 1. The summed E-state index contributed by atoms with van der Waals surface area (Å²) in [5, 5.41) is 7.05. The zero-order chi connectivity index (χ0) is 16.7. The molecule has 0 aromatic rings. The molecule has 1 saturated heterocycles. The molecule has 0 spiro atoms. The van der Waals surface area contributed by atoms with Crippen LogP contribution in [0.25, 0.3) is 0 Å². The highest BCUT2D eigenvalue weighted by atomic mass is 15.3. The molecule has 5 heteroatoms. The molecule has 1 unspecified atom stereocenters. The first-order valence-electron chi connectivity index (χ1n) is 9.59. The lowest BCUT2D eigenvalue weighted by Gasteiger charge is -2.24. The maximum atomic E-state index is 4.76. The van der Waals surface area contributed by atoms with Crippen LogP contribution in [0.15, 0.2) is 4.99 Å². The number of likely N-dealkylation sites (tertiary alicyclic amines) is 1. The van der Waals surface area contributed by atoms with Crippen molar-refractivity contribution >= 4 is 5.96 Å². The van der Waals surface area contributed by atoms with Crippen molar-refractivity contribution in [3.8, 4) is 0 Å². The van der Waals surface area contributed by atoms with E-state index in [1.165, 1.54) is 45.2 Å². The first-order chi connectivity index (χ1) is 11.1. The molecule has 2 aliphatic rings. The van der Waals surface area contributed by atoms with Gasteiger partial charge in [-0.2, -0.15) is 0 Å². The minimum Gasteiger partial charge on any atom is -0.357 e. The minimum absolute atomic E-state index is 0.552. The molecule has 0 amide bonds. The molecule has 2 N–H and O–H groups in total. The van der Waals surface area contributed by atoms with Gasteiger partial charge in [0.05, 0.1) is 6.54 Å². The van der Waals surface area contributed by atoms with Gasteiger partial charge in [0, 0.05) is 44.3 Å². The average molecular weight is 324 g/mol. The van der Waals surface area contributed by atoms with E-state index in [9.17, 15) is 0 Å². The van der Waals surface area contributed by atoms with Crippen LogP contribution in [-0.4, -0.2) is 73.7 Å². The lowest BCUT2D eigenvalue weighted by molar-refractivity contribution is 0.242. The average Bonchev–Trinajstić information content (AvgIpc) is 3.17. The summed E-state index contributed by atoms with van der Waals surface area (Å²) in [7, 11) is 2.16. The molecule has 0 aromatic carbocycles. The van der Waals surface area contributed by atoms with Gasteiger partial charge in [0.1, 0.15) is 0 Å². The lowest BCUT2D eigenvalue weighted by atomic mass is 10.2. The molecule has 0 radical (unpaired) electrons. The molecule has 1 heterocycles. The zero-order valence-corrected chi connectivity index (χ0v) is 15.6. The van der Waals surface area contributed by atoms with Crippen LogP contribution < -0.4 is 10.6 Å². The predicted octanol–water partition coefficient (Wildman–Crippen LogP) is 1.90. The second-order valence-electron chi connectivity index (χ2n) is 7.40. The molecule has 0 bridgehead atoms. The molecular weight excluding hydrogens is 286 g/mol. The van der Waals surface area contributed by atoms with E-state index in [4.69, 9.17) is 4.99 Å². The number of hydrogen-bond donors (Lipinski definition) is 2. The van der Waals surface area contributed by atoms with E-state index in [2.05, 4.69) is 48.3 Å². The Hall–Kier alpha value is -0.810. The monoisotopic (exact) mass is 323 g/mol. The van der Waals surface area contributed by atoms with Crippen molar-refractivity contribution in [1.29, 1.82) is 0 Å². The second-order valence-corrected chi connectivity index (χ2v) is 7.40. The molecule has 2 fully saturated rings. The van der Waals surface area contributed by atoms with E-state index < -0.39 is 0 Å². The van der Waals surface area contributed by atoms with Crippen molar-refractivity contribution in [3.63, 3.8) is 0 Å². The van der Waals surface area contributed by atoms with Crippen LogP contribution in [0.5, 0.6) is 0 Å². The first kappa shape index (κ1) is 18.5. The zero-order valence-electron chi connectivity index (χ0n) is 15.6. The highest BCUT2D eigenvalue weighted by molar-refractivity contribution is 5.80. The van der Waals surface area contributed by atoms with Crippen LogP contribution in [0.4, 0.5) is 0 Å². The number of likely N-dealkylation sites (N-methyl/N-ethyl adjacent to an activating group) is 1. The van der Waals surface area contributed by atoms with Crippen LogP contribution in [-0.2, 0) is 0 Å². The van der Waals surface area contributed by atoms with Crippen LogP contribution in [0.1, 0.15) is 52.9 Å². The van der Waals surface area contributed by atoms with Crippen molar-refractivity contribution in [2.24, 2.45) is 4.99 Å². The Morgan fingerprint density at radius 3 is 2.65 bits per heavy atom. The lowest BCUT2D eigenvalue weighted by Crippen LogP contribution is -2.45. The van der Waals surface area contributed by atoms with Crippen molar-refractivity contribution in [1.82, 2.24) is 20.4 Å². The molecule has 1 atom stereocenters. The van der Waals surface area contributed by atoms with E-state index in [0.717, 1.165) is 31.6 Å². The third-order valence-corrected chi connectivity index (χ3v) is 5.35. The van der Waals surface area contributed by atoms with Crippen LogP contribution in [0.2, 0.25) is 0 Å². The van der Waals surface area contributed by atoms with Crippen molar-refractivity contribution in [3.05, 3.63) is 0 Å². The van der Waals surface area contributed by atoms with Gasteiger partial charge in [0.2, 0.25) is 0 Å². The maximum absolute atomic E-state index is 4.76. The van der Waals surface area contributed by atoms with Crippen LogP contribution in [0, 0.1) is 0 Å². The summed E-state index contributed by atoms with van der Waals surface area (Å²) in [5.41, 5.74) is 0.